The van der Waals surface area contributed by atoms with Crippen molar-refractivity contribution in [2.24, 2.45) is 0 Å². The quantitative estimate of drug-likeness (QED) is 0.230. The molecule has 11 nitrogen and oxygen atoms in total. The van der Waals surface area contributed by atoms with Gasteiger partial charge in [-0.15, -0.1) is 0 Å². The van der Waals surface area contributed by atoms with E-state index in [1.807, 2.05) is 0 Å². The fourth-order valence-electron chi connectivity index (χ4n) is 3.26. The number of amides is 1. The van der Waals surface area contributed by atoms with Crippen molar-refractivity contribution in [2.45, 2.75) is 25.4 Å². The van der Waals surface area contributed by atoms with E-state index in [0.717, 1.165) is 5.56 Å². The number of nitrogens with one attached hydrogen (secondary N) is 2. The number of carboxylic acids is 2. The highest BCUT2D eigenvalue weighted by molar-refractivity contribution is 5.97. The van der Waals surface area contributed by atoms with Gasteiger partial charge in [0.15, 0.2) is 0 Å². The minimum Gasteiger partial charge on any atom is -0.481 e. The summed E-state index contributed by atoms with van der Waals surface area (Å²) in [7, 11) is 0. The predicted molar refractivity (Wildman–Crippen MR) is 124 cm³/mol. The minimum atomic E-state index is -1.33. The topological polar surface area (TPSA) is 179 Å². The Labute approximate surface area is 193 Å². The van der Waals surface area contributed by atoms with Crippen LogP contribution in [-0.4, -0.2) is 44.1 Å². The van der Waals surface area contributed by atoms with Crippen molar-refractivity contribution in [3.8, 4) is 12.5 Å². The van der Waals surface area contributed by atoms with E-state index in [2.05, 4.69) is 21.3 Å². The molecule has 3 aromatic rings. The molecule has 34 heavy (non-hydrogen) atoms. The van der Waals surface area contributed by atoms with Gasteiger partial charge in [0.25, 0.3) is 11.5 Å². The number of benzene rings is 2. The highest BCUT2D eigenvalue weighted by Crippen LogP contribution is 2.19. The van der Waals surface area contributed by atoms with Crippen molar-refractivity contribution >= 4 is 40.4 Å². The lowest BCUT2D eigenvalue weighted by molar-refractivity contribution is -0.140. The Morgan fingerprint density at radius 1 is 1.18 bits per heavy atom. The molecule has 1 heterocycles. The van der Waals surface area contributed by atoms with Crippen LogP contribution in [0.5, 0.6) is 0 Å². The van der Waals surface area contributed by atoms with Gasteiger partial charge in [0.2, 0.25) is 5.95 Å². The normalized spacial score (nSPS) is 11.4. The number of carbonyl (C=O) groups excluding carboxylic acids is 1. The van der Waals surface area contributed by atoms with Gasteiger partial charge in [0.1, 0.15) is 6.04 Å². The van der Waals surface area contributed by atoms with E-state index in [9.17, 15) is 24.3 Å². The number of H-pyrrole nitrogens is 1. The van der Waals surface area contributed by atoms with E-state index in [4.69, 9.17) is 17.3 Å². The van der Waals surface area contributed by atoms with Crippen molar-refractivity contribution in [1.82, 2.24) is 15.3 Å². The number of nitrogen functional groups attached to an aromatic ring is 1. The van der Waals surface area contributed by atoms with Gasteiger partial charge in [-0.2, -0.15) is 0 Å². The SMILES string of the molecule is C#CN(Cc1ccc2nc(N)[nH]c(=O)c2c1)c1ccc(C(=O)N[C@@H](CCC(=O)O)C(=O)O)cc1. The molecule has 0 fully saturated rings. The first kappa shape index (κ1) is 23.8. The smallest absolute Gasteiger partial charge is 0.326 e. The average molecular weight is 463 g/mol. The van der Waals surface area contributed by atoms with Crippen LogP contribution in [0.3, 0.4) is 0 Å². The van der Waals surface area contributed by atoms with Gasteiger partial charge in [-0.05, 0) is 48.4 Å². The van der Waals surface area contributed by atoms with Crippen LogP contribution >= 0.6 is 0 Å². The molecular formula is C23H21N5O6. The van der Waals surface area contributed by atoms with E-state index >= 15 is 0 Å². The molecule has 3 rings (SSSR count). The van der Waals surface area contributed by atoms with Crippen molar-refractivity contribution in [3.05, 3.63) is 63.9 Å². The van der Waals surface area contributed by atoms with Crippen LogP contribution in [0, 0.1) is 12.5 Å². The highest BCUT2D eigenvalue weighted by atomic mass is 16.4. The molecule has 0 unspecified atom stereocenters. The second-order valence-corrected chi connectivity index (χ2v) is 7.36. The van der Waals surface area contributed by atoms with Crippen molar-refractivity contribution in [1.29, 1.82) is 0 Å². The lowest BCUT2D eigenvalue weighted by Crippen LogP contribution is -2.41. The summed E-state index contributed by atoms with van der Waals surface area (Å²) in [6.07, 6.45) is 5.02. The molecule has 1 aromatic heterocycles. The Hall–Kier alpha value is -4.85. The van der Waals surface area contributed by atoms with Crippen molar-refractivity contribution in [3.63, 3.8) is 0 Å². The van der Waals surface area contributed by atoms with Crippen LogP contribution < -0.4 is 21.5 Å². The van der Waals surface area contributed by atoms with Gasteiger partial charge >= 0.3 is 11.9 Å². The number of nitrogens with zero attached hydrogens (tertiary/aromatic N) is 2. The fraction of sp³-hybridized carbons (Fsp3) is 0.174. The minimum absolute atomic E-state index is 0.0242. The molecule has 1 amide bonds. The molecule has 2 aromatic carbocycles. The number of rotatable bonds is 9. The standard InChI is InChI=1S/C23H21N5O6/c1-2-28(12-13-3-8-17-16(11-13)21(32)27-23(24)26-17)15-6-4-14(5-7-15)20(31)25-18(22(33)34)9-10-19(29)30/h1,3-8,11,18H,9-10,12H2,(H,25,31)(H,29,30)(H,33,34)(H3,24,26,27,32)/t18-/m0/s1. The number of carboxylic acid groups (broad SMARTS) is 2. The molecule has 0 aliphatic carbocycles. The first-order valence-corrected chi connectivity index (χ1v) is 10.1. The predicted octanol–water partition coefficient (Wildman–Crippen LogP) is 1.15. The van der Waals surface area contributed by atoms with Crippen LogP contribution in [0.1, 0.15) is 28.8 Å². The molecule has 174 valence electrons. The molecule has 0 aliphatic rings. The zero-order chi connectivity index (χ0) is 24.8. The van der Waals surface area contributed by atoms with Gasteiger partial charge in [0, 0.05) is 23.7 Å². The lowest BCUT2D eigenvalue weighted by Gasteiger charge is -2.19. The number of hydrogen-bond acceptors (Lipinski definition) is 7. The van der Waals surface area contributed by atoms with Gasteiger partial charge in [-0.25, -0.2) is 9.78 Å². The second kappa shape index (κ2) is 10.2. The number of anilines is 2. The largest absolute Gasteiger partial charge is 0.481 e. The molecule has 0 saturated carbocycles. The Morgan fingerprint density at radius 3 is 2.50 bits per heavy atom. The van der Waals surface area contributed by atoms with E-state index in [1.165, 1.54) is 12.1 Å². The third kappa shape index (κ3) is 5.68. The molecule has 11 heteroatoms. The van der Waals surface area contributed by atoms with Crippen molar-refractivity contribution < 1.29 is 24.6 Å². The Kier molecular flexibility index (Phi) is 7.13. The average Bonchev–Trinajstić information content (AvgIpc) is 2.80. The molecular weight excluding hydrogens is 442 g/mol. The number of fused-ring (bicyclic) bond motifs is 1. The zero-order valence-electron chi connectivity index (χ0n) is 17.8. The second-order valence-electron chi connectivity index (χ2n) is 7.36. The maximum absolute atomic E-state index is 12.4. The molecule has 0 spiro atoms. The molecule has 0 aliphatic heterocycles. The number of nitrogens with two attached hydrogens (primary N) is 1. The summed E-state index contributed by atoms with van der Waals surface area (Å²) in [5.74, 6) is -3.11. The van der Waals surface area contributed by atoms with Crippen LogP contribution in [0.25, 0.3) is 10.9 Å². The molecule has 6 N–H and O–H groups in total. The molecule has 0 saturated heterocycles. The fourth-order valence-corrected chi connectivity index (χ4v) is 3.26. The summed E-state index contributed by atoms with van der Waals surface area (Å²) < 4.78 is 0. The third-order valence-electron chi connectivity index (χ3n) is 4.98. The van der Waals surface area contributed by atoms with E-state index in [1.54, 1.807) is 35.2 Å². The summed E-state index contributed by atoms with van der Waals surface area (Å²) in [5, 5.41) is 20.6. The first-order valence-electron chi connectivity index (χ1n) is 10.1. The number of aromatic amines is 1. The van der Waals surface area contributed by atoms with E-state index in [-0.39, 0.29) is 30.0 Å². The van der Waals surface area contributed by atoms with Gasteiger partial charge in [0.05, 0.1) is 17.4 Å². The van der Waals surface area contributed by atoms with Crippen LogP contribution in [0.4, 0.5) is 11.6 Å². The summed E-state index contributed by atoms with van der Waals surface area (Å²) in [4.78, 5) is 54.6. The van der Waals surface area contributed by atoms with Gasteiger partial charge in [-0.3, -0.25) is 24.3 Å². The maximum Gasteiger partial charge on any atom is 0.326 e. The molecule has 0 radical (unpaired) electrons. The summed E-state index contributed by atoms with van der Waals surface area (Å²) >= 11 is 0. The number of carbonyl (C=O) groups is 3. The molecule has 0 bridgehead atoms. The summed E-state index contributed by atoms with van der Waals surface area (Å²) in [6.45, 7) is 0.262. The first-order chi connectivity index (χ1) is 16.2. The zero-order valence-corrected chi connectivity index (χ0v) is 17.8. The summed E-state index contributed by atoms with van der Waals surface area (Å²) in [5.41, 5.74) is 7.16. The number of terminal acetylenes is 1. The van der Waals surface area contributed by atoms with Crippen LogP contribution in [-0.2, 0) is 16.1 Å². The summed E-state index contributed by atoms with van der Waals surface area (Å²) in [6, 6.07) is 12.5. The molecule has 1 atom stereocenters. The van der Waals surface area contributed by atoms with Crippen molar-refractivity contribution in [2.75, 3.05) is 10.6 Å². The van der Waals surface area contributed by atoms with E-state index in [0.29, 0.717) is 16.6 Å². The third-order valence-corrected chi connectivity index (χ3v) is 4.98. The Bertz CT molecular complexity index is 1340. The number of aliphatic carboxylic acids is 2. The monoisotopic (exact) mass is 463 g/mol. The Morgan fingerprint density at radius 2 is 1.88 bits per heavy atom. The Balaban J connectivity index is 1.73. The van der Waals surface area contributed by atoms with Gasteiger partial charge in [-0.1, -0.05) is 12.5 Å². The number of hydrogen-bond donors (Lipinski definition) is 5. The lowest BCUT2D eigenvalue weighted by atomic mass is 10.1. The van der Waals surface area contributed by atoms with E-state index < -0.39 is 30.3 Å². The maximum atomic E-state index is 12.4. The highest BCUT2D eigenvalue weighted by Gasteiger charge is 2.21. The van der Waals surface area contributed by atoms with Crippen LogP contribution in [0.2, 0.25) is 0 Å². The van der Waals surface area contributed by atoms with Crippen LogP contribution in [0.15, 0.2) is 47.3 Å². The number of aromatic nitrogens is 2. The van der Waals surface area contributed by atoms with Gasteiger partial charge < -0.3 is 21.3 Å².